The largest absolute Gasteiger partial charge is 0.497 e. The number of rotatable bonds is 9. The number of hydrogen-bond donors (Lipinski definition) is 0. The number of benzene rings is 2. The topological polar surface area (TPSA) is 113 Å². The van der Waals surface area contributed by atoms with Gasteiger partial charge in [0.25, 0.3) is 0 Å². The van der Waals surface area contributed by atoms with Crippen molar-refractivity contribution in [2.75, 3.05) is 42.7 Å². The third-order valence-corrected chi connectivity index (χ3v) is 4.58. The molecule has 0 aromatic heterocycles. The van der Waals surface area contributed by atoms with Crippen LogP contribution in [0.5, 0.6) is 28.7 Å². The Morgan fingerprint density at radius 3 is 1.84 bits per heavy atom. The maximum atomic E-state index is 13.8. The number of carbonyl (C=O) groups is 2. The quantitative estimate of drug-likeness (QED) is 0.438. The predicted molar refractivity (Wildman–Crippen MR) is 110 cm³/mol. The number of hydrogen-bond acceptors (Lipinski definition) is 9. The lowest BCUT2D eigenvalue weighted by molar-refractivity contribution is 0.0593. The zero-order chi connectivity index (χ0) is 23.1. The van der Waals surface area contributed by atoms with Crippen molar-refractivity contribution in [2.24, 2.45) is 0 Å². The fraction of sp³-hybridized carbons (Fsp3) is 0.318. The van der Waals surface area contributed by atoms with Crippen molar-refractivity contribution in [1.29, 1.82) is 5.26 Å². The van der Waals surface area contributed by atoms with E-state index in [9.17, 15) is 14.9 Å². The van der Waals surface area contributed by atoms with E-state index in [0.29, 0.717) is 11.3 Å². The van der Waals surface area contributed by atoms with Crippen LogP contribution in [0.3, 0.4) is 0 Å². The highest BCUT2D eigenvalue weighted by Crippen LogP contribution is 2.42. The van der Waals surface area contributed by atoms with Crippen molar-refractivity contribution in [3.63, 3.8) is 0 Å². The normalized spacial score (nSPS) is 9.97. The van der Waals surface area contributed by atoms with E-state index in [1.807, 2.05) is 6.07 Å². The van der Waals surface area contributed by atoms with E-state index in [-0.39, 0.29) is 46.1 Å². The molecule has 0 aliphatic rings. The van der Waals surface area contributed by atoms with Gasteiger partial charge in [0.15, 0.2) is 5.75 Å². The first-order chi connectivity index (χ1) is 14.9. The zero-order valence-electron chi connectivity index (χ0n) is 18.2. The molecular formula is C22H23NO8. The monoisotopic (exact) mass is 429 g/mol. The molecule has 0 aliphatic heterocycles. The summed E-state index contributed by atoms with van der Waals surface area (Å²) >= 11 is 0. The molecule has 0 spiro atoms. The highest BCUT2D eigenvalue weighted by molar-refractivity contribution is 6.17. The Hall–Kier alpha value is -3.93. The Bertz CT molecular complexity index is 1040. The maximum Gasteiger partial charge on any atom is 0.345 e. The van der Waals surface area contributed by atoms with Gasteiger partial charge in [0, 0.05) is 12.1 Å². The van der Waals surface area contributed by atoms with Gasteiger partial charge in [-0.15, -0.1) is 0 Å². The van der Waals surface area contributed by atoms with Gasteiger partial charge in [-0.2, -0.15) is 5.26 Å². The molecule has 0 heterocycles. The number of methoxy groups -OCH3 is 6. The summed E-state index contributed by atoms with van der Waals surface area (Å²) in [6, 6.07) is 6.52. The Balaban J connectivity index is 2.93. The first-order valence-electron chi connectivity index (χ1n) is 9.00. The van der Waals surface area contributed by atoms with E-state index >= 15 is 0 Å². The van der Waals surface area contributed by atoms with Crippen LogP contribution in [0, 0.1) is 11.3 Å². The van der Waals surface area contributed by atoms with Gasteiger partial charge in [0.2, 0.25) is 5.78 Å². The number of nitriles is 1. The Labute approximate surface area is 180 Å². The Morgan fingerprint density at radius 1 is 0.774 bits per heavy atom. The molecule has 0 atom stereocenters. The van der Waals surface area contributed by atoms with Gasteiger partial charge in [-0.25, -0.2) is 4.79 Å². The van der Waals surface area contributed by atoms with E-state index in [1.165, 1.54) is 54.8 Å². The van der Waals surface area contributed by atoms with Gasteiger partial charge in [0.05, 0.1) is 60.7 Å². The van der Waals surface area contributed by atoms with E-state index in [4.69, 9.17) is 28.4 Å². The van der Waals surface area contributed by atoms with Crippen molar-refractivity contribution in [3.05, 3.63) is 40.5 Å². The highest BCUT2D eigenvalue weighted by Gasteiger charge is 2.32. The van der Waals surface area contributed by atoms with Crippen LogP contribution in [0.4, 0.5) is 0 Å². The van der Waals surface area contributed by atoms with Gasteiger partial charge < -0.3 is 28.4 Å². The molecule has 2 aromatic carbocycles. The van der Waals surface area contributed by atoms with Crippen molar-refractivity contribution in [2.45, 2.75) is 6.42 Å². The summed E-state index contributed by atoms with van der Waals surface area (Å²) in [4.78, 5) is 26.2. The number of ether oxygens (including phenoxy) is 6. The number of nitrogens with zero attached hydrogens (tertiary/aromatic N) is 1. The molecule has 0 aliphatic carbocycles. The minimum atomic E-state index is -0.760. The third-order valence-electron chi connectivity index (χ3n) is 4.58. The van der Waals surface area contributed by atoms with Crippen LogP contribution in [-0.4, -0.2) is 54.4 Å². The molecule has 0 unspecified atom stereocenters. The molecule has 9 heteroatoms. The van der Waals surface area contributed by atoms with Crippen LogP contribution in [0.15, 0.2) is 18.2 Å². The molecule has 0 saturated heterocycles. The molecule has 2 rings (SSSR count). The molecule has 0 saturated carbocycles. The Morgan fingerprint density at radius 2 is 1.35 bits per heavy atom. The van der Waals surface area contributed by atoms with Crippen molar-refractivity contribution < 1.29 is 38.0 Å². The summed E-state index contributed by atoms with van der Waals surface area (Å²) in [6.45, 7) is 0. The number of carbonyl (C=O) groups excluding carboxylic acids is 2. The fourth-order valence-corrected chi connectivity index (χ4v) is 3.18. The van der Waals surface area contributed by atoms with Gasteiger partial charge in [-0.3, -0.25) is 4.79 Å². The summed E-state index contributed by atoms with van der Waals surface area (Å²) in [6.07, 6.45) is -0.0840. The zero-order valence-corrected chi connectivity index (χ0v) is 18.2. The van der Waals surface area contributed by atoms with Gasteiger partial charge in [-0.1, -0.05) is 0 Å². The van der Waals surface area contributed by atoms with Crippen molar-refractivity contribution in [3.8, 4) is 34.8 Å². The molecule has 164 valence electrons. The minimum absolute atomic E-state index is 0.0474. The van der Waals surface area contributed by atoms with Crippen LogP contribution >= 0.6 is 0 Å². The standard InChI is InChI=1S/C22H23NO8/c1-26-13-9-12(7-8-23)17(14(10-13)27-2)20(24)18-15(28-3)11-16(29-4)19(21(18)30-5)22(25)31-6/h9-11H,7H2,1-6H3. The smallest absolute Gasteiger partial charge is 0.345 e. The van der Waals surface area contributed by atoms with Gasteiger partial charge >= 0.3 is 5.97 Å². The van der Waals surface area contributed by atoms with E-state index in [2.05, 4.69) is 0 Å². The van der Waals surface area contributed by atoms with Crippen LogP contribution in [0.25, 0.3) is 0 Å². The second kappa shape index (κ2) is 10.2. The second-order valence-electron chi connectivity index (χ2n) is 6.08. The van der Waals surface area contributed by atoms with Crippen molar-refractivity contribution in [1.82, 2.24) is 0 Å². The maximum absolute atomic E-state index is 13.8. The van der Waals surface area contributed by atoms with E-state index < -0.39 is 11.8 Å². The molecule has 0 fully saturated rings. The van der Waals surface area contributed by atoms with Crippen LogP contribution in [0.2, 0.25) is 0 Å². The molecule has 31 heavy (non-hydrogen) atoms. The fourth-order valence-electron chi connectivity index (χ4n) is 3.18. The predicted octanol–water partition coefficient (Wildman–Crippen LogP) is 2.81. The summed E-state index contributed by atoms with van der Waals surface area (Å²) < 4.78 is 31.6. The molecule has 2 aromatic rings. The minimum Gasteiger partial charge on any atom is -0.497 e. The first-order valence-corrected chi connectivity index (χ1v) is 9.00. The summed E-state index contributed by atoms with van der Waals surface area (Å²) in [5.41, 5.74) is 0.366. The lowest BCUT2D eigenvalue weighted by Gasteiger charge is -2.20. The summed E-state index contributed by atoms with van der Waals surface area (Å²) in [5.74, 6) is -0.607. The van der Waals surface area contributed by atoms with Crippen molar-refractivity contribution >= 4 is 11.8 Å². The average Bonchev–Trinajstić information content (AvgIpc) is 2.80. The third kappa shape index (κ3) is 4.33. The molecule has 0 N–H and O–H groups in total. The van der Waals surface area contributed by atoms with E-state index in [1.54, 1.807) is 6.07 Å². The second-order valence-corrected chi connectivity index (χ2v) is 6.08. The van der Waals surface area contributed by atoms with Gasteiger partial charge in [0.1, 0.15) is 34.1 Å². The van der Waals surface area contributed by atoms with Crippen LogP contribution in [0.1, 0.15) is 31.8 Å². The lowest BCUT2D eigenvalue weighted by atomic mass is 9.92. The Kier molecular flexibility index (Phi) is 7.69. The number of esters is 1. The first kappa shape index (κ1) is 23.3. The van der Waals surface area contributed by atoms with Gasteiger partial charge in [-0.05, 0) is 11.6 Å². The van der Waals surface area contributed by atoms with Crippen LogP contribution in [-0.2, 0) is 11.2 Å². The highest BCUT2D eigenvalue weighted by atomic mass is 16.5. The van der Waals surface area contributed by atoms with E-state index in [0.717, 1.165) is 0 Å². The molecule has 9 nitrogen and oxygen atoms in total. The molecule has 0 bridgehead atoms. The van der Waals surface area contributed by atoms with Crippen LogP contribution < -0.4 is 23.7 Å². The molecule has 0 amide bonds. The summed E-state index contributed by atoms with van der Waals surface area (Å²) in [5, 5.41) is 9.27. The summed E-state index contributed by atoms with van der Waals surface area (Å²) in [7, 11) is 8.09. The average molecular weight is 429 g/mol. The molecule has 0 radical (unpaired) electrons. The SMILES string of the molecule is COC(=O)c1c(OC)cc(OC)c(C(=O)c2c(CC#N)cc(OC)cc2OC)c1OC. The number of ketones is 1. The lowest BCUT2D eigenvalue weighted by Crippen LogP contribution is -2.15. The molecular weight excluding hydrogens is 406 g/mol.